The molecule has 1 aromatic heterocycles. The highest BCUT2D eigenvalue weighted by atomic mass is 32.2. The number of fused-ring (bicyclic) bond motifs is 1. The average Bonchev–Trinajstić information content (AvgIpc) is 2.76. The van der Waals surface area contributed by atoms with Crippen molar-refractivity contribution in [3.05, 3.63) is 18.2 Å². The smallest absolute Gasteiger partial charge is 0.306 e. The molecule has 0 unspecified atom stereocenters. The highest BCUT2D eigenvalue weighted by Crippen LogP contribution is 2.28. The summed E-state index contributed by atoms with van der Waals surface area (Å²) in [4.78, 5) is 15.1. The minimum Gasteiger partial charge on any atom is -0.469 e. The van der Waals surface area contributed by atoms with Crippen LogP contribution >= 0.6 is 11.3 Å². The van der Waals surface area contributed by atoms with E-state index in [-0.39, 0.29) is 17.3 Å². The molecular formula is C11H13N3O4S2. The fraction of sp³-hybridized carbons (Fsp3) is 0.273. The molecule has 0 amide bonds. The van der Waals surface area contributed by atoms with Gasteiger partial charge in [0, 0.05) is 5.69 Å². The zero-order valence-electron chi connectivity index (χ0n) is 10.6. The summed E-state index contributed by atoms with van der Waals surface area (Å²) in [5, 5.41) is 0.246. The van der Waals surface area contributed by atoms with Crippen LogP contribution in [-0.4, -0.2) is 32.2 Å². The highest BCUT2D eigenvalue weighted by molar-refractivity contribution is 7.92. The second-order valence-electron chi connectivity index (χ2n) is 3.99. The molecule has 0 aliphatic carbocycles. The Labute approximate surface area is 119 Å². The molecule has 0 fully saturated rings. The third kappa shape index (κ3) is 3.58. The summed E-state index contributed by atoms with van der Waals surface area (Å²) in [5.41, 5.74) is 6.89. The molecule has 108 valence electrons. The fourth-order valence-electron chi connectivity index (χ4n) is 1.49. The van der Waals surface area contributed by atoms with Crippen LogP contribution in [-0.2, 0) is 19.6 Å². The van der Waals surface area contributed by atoms with Gasteiger partial charge in [-0.1, -0.05) is 11.3 Å². The van der Waals surface area contributed by atoms with Crippen molar-refractivity contribution in [2.24, 2.45) is 0 Å². The number of hydrogen-bond acceptors (Lipinski definition) is 7. The number of esters is 1. The quantitative estimate of drug-likeness (QED) is 0.633. The number of nitrogen functional groups attached to an aromatic ring is 1. The van der Waals surface area contributed by atoms with Crippen LogP contribution in [0, 0.1) is 0 Å². The summed E-state index contributed by atoms with van der Waals surface area (Å²) in [5.74, 6) is -0.926. The maximum absolute atomic E-state index is 11.8. The maximum Gasteiger partial charge on any atom is 0.306 e. The Morgan fingerprint density at radius 3 is 2.95 bits per heavy atom. The average molecular weight is 315 g/mol. The molecule has 0 aliphatic rings. The molecule has 2 aromatic rings. The minimum atomic E-state index is -3.63. The molecule has 0 spiro atoms. The van der Waals surface area contributed by atoms with Crippen LogP contribution in [0.5, 0.6) is 0 Å². The zero-order valence-corrected chi connectivity index (χ0v) is 12.3. The number of nitrogens with one attached hydrogen (secondary N) is 1. The van der Waals surface area contributed by atoms with Crippen molar-refractivity contribution in [3.63, 3.8) is 0 Å². The first-order valence-corrected chi connectivity index (χ1v) is 8.10. The Morgan fingerprint density at radius 2 is 2.25 bits per heavy atom. The number of methoxy groups -OCH3 is 1. The summed E-state index contributed by atoms with van der Waals surface area (Å²) in [7, 11) is -2.42. The zero-order chi connectivity index (χ0) is 14.8. The number of rotatable bonds is 5. The summed E-state index contributed by atoms with van der Waals surface area (Å²) >= 11 is 1.18. The Balaban J connectivity index is 2.12. The summed E-state index contributed by atoms with van der Waals surface area (Å²) in [6, 6.07) is 5.13. The van der Waals surface area contributed by atoms with Crippen molar-refractivity contribution in [3.8, 4) is 0 Å². The second-order valence-corrected chi connectivity index (χ2v) is 6.87. The minimum absolute atomic E-state index is 0.205. The fourth-order valence-corrected chi connectivity index (χ4v) is 3.65. The Bertz CT molecular complexity index is 739. The van der Waals surface area contributed by atoms with Crippen molar-refractivity contribution in [1.82, 2.24) is 4.98 Å². The number of thiazole rings is 1. The standard InChI is InChI=1S/C11H13N3O4S2/c1-18-10(15)4-5-20(16,17)14-11-13-8-3-2-7(12)6-9(8)19-11/h2-3,6H,4-5,12H2,1H3,(H,13,14). The maximum atomic E-state index is 11.8. The van der Waals surface area contributed by atoms with E-state index in [1.165, 1.54) is 18.4 Å². The van der Waals surface area contributed by atoms with E-state index < -0.39 is 16.0 Å². The first kappa shape index (κ1) is 14.5. The Hall–Kier alpha value is -1.87. The van der Waals surface area contributed by atoms with Crippen LogP contribution < -0.4 is 10.5 Å². The monoisotopic (exact) mass is 315 g/mol. The van der Waals surface area contributed by atoms with Crippen molar-refractivity contribution in [2.45, 2.75) is 6.42 Å². The number of ether oxygens (including phenoxy) is 1. The van der Waals surface area contributed by atoms with Crippen molar-refractivity contribution >= 4 is 48.4 Å². The molecule has 3 N–H and O–H groups in total. The van der Waals surface area contributed by atoms with Gasteiger partial charge in [0.1, 0.15) is 0 Å². The molecule has 2 rings (SSSR count). The molecule has 7 nitrogen and oxygen atoms in total. The number of aromatic nitrogens is 1. The van der Waals surface area contributed by atoms with Crippen LogP contribution in [0.2, 0.25) is 0 Å². The van der Waals surface area contributed by atoms with E-state index in [9.17, 15) is 13.2 Å². The lowest BCUT2D eigenvalue weighted by Crippen LogP contribution is -2.19. The van der Waals surface area contributed by atoms with E-state index in [4.69, 9.17) is 5.73 Å². The number of anilines is 2. The lowest BCUT2D eigenvalue weighted by molar-refractivity contribution is -0.140. The lowest BCUT2D eigenvalue weighted by Gasteiger charge is -2.03. The van der Waals surface area contributed by atoms with Gasteiger partial charge in [-0.15, -0.1) is 0 Å². The Kier molecular flexibility index (Phi) is 4.09. The molecule has 0 bridgehead atoms. The van der Waals surface area contributed by atoms with E-state index in [0.717, 1.165) is 4.70 Å². The van der Waals surface area contributed by atoms with E-state index in [0.29, 0.717) is 11.2 Å². The normalized spacial score (nSPS) is 11.4. The van der Waals surface area contributed by atoms with Gasteiger partial charge < -0.3 is 10.5 Å². The Morgan fingerprint density at radius 1 is 1.50 bits per heavy atom. The SMILES string of the molecule is COC(=O)CCS(=O)(=O)Nc1nc2ccc(N)cc2s1. The first-order valence-electron chi connectivity index (χ1n) is 5.63. The van der Waals surface area contributed by atoms with Crippen LogP contribution in [0.15, 0.2) is 18.2 Å². The van der Waals surface area contributed by atoms with Crippen LogP contribution in [0.25, 0.3) is 10.2 Å². The molecule has 1 aromatic carbocycles. The number of carbonyl (C=O) groups is 1. The summed E-state index contributed by atoms with van der Waals surface area (Å²) in [6.45, 7) is 0. The molecule has 1 heterocycles. The van der Waals surface area contributed by atoms with Gasteiger partial charge in [-0.05, 0) is 18.2 Å². The second kappa shape index (κ2) is 5.63. The predicted octanol–water partition coefficient (Wildman–Crippen LogP) is 1.18. The molecule has 0 saturated heterocycles. The molecule has 0 atom stereocenters. The number of hydrogen-bond donors (Lipinski definition) is 2. The van der Waals surface area contributed by atoms with Gasteiger partial charge in [-0.2, -0.15) is 0 Å². The molecular weight excluding hydrogens is 302 g/mol. The molecule has 0 aliphatic heterocycles. The van der Waals surface area contributed by atoms with Crippen LogP contribution in [0.3, 0.4) is 0 Å². The molecule has 20 heavy (non-hydrogen) atoms. The van der Waals surface area contributed by atoms with Gasteiger partial charge in [0.25, 0.3) is 0 Å². The predicted molar refractivity (Wildman–Crippen MR) is 78.1 cm³/mol. The van der Waals surface area contributed by atoms with Crippen molar-refractivity contribution in [1.29, 1.82) is 0 Å². The van der Waals surface area contributed by atoms with Gasteiger partial charge in [-0.25, -0.2) is 13.4 Å². The van der Waals surface area contributed by atoms with E-state index in [2.05, 4.69) is 14.4 Å². The topological polar surface area (TPSA) is 111 Å². The van der Waals surface area contributed by atoms with Crippen LogP contribution in [0.4, 0.5) is 10.8 Å². The number of nitrogens with two attached hydrogens (primary N) is 1. The third-order valence-electron chi connectivity index (χ3n) is 2.46. The highest BCUT2D eigenvalue weighted by Gasteiger charge is 2.16. The molecule has 9 heteroatoms. The lowest BCUT2D eigenvalue weighted by atomic mass is 10.3. The van der Waals surface area contributed by atoms with Crippen molar-refractivity contribution < 1.29 is 17.9 Å². The van der Waals surface area contributed by atoms with E-state index in [1.807, 2.05) is 0 Å². The first-order chi connectivity index (χ1) is 9.39. The van der Waals surface area contributed by atoms with E-state index >= 15 is 0 Å². The summed E-state index contributed by atoms with van der Waals surface area (Å²) in [6.07, 6.45) is -0.205. The van der Waals surface area contributed by atoms with Crippen LogP contribution in [0.1, 0.15) is 6.42 Å². The van der Waals surface area contributed by atoms with Gasteiger partial charge in [0.2, 0.25) is 10.0 Å². The largest absolute Gasteiger partial charge is 0.469 e. The summed E-state index contributed by atoms with van der Waals surface area (Å²) < 4.78 is 31.1. The number of benzene rings is 1. The molecule has 0 saturated carbocycles. The van der Waals surface area contributed by atoms with Gasteiger partial charge in [0.15, 0.2) is 5.13 Å². The van der Waals surface area contributed by atoms with Gasteiger partial charge in [-0.3, -0.25) is 9.52 Å². The van der Waals surface area contributed by atoms with Gasteiger partial charge >= 0.3 is 5.97 Å². The molecule has 0 radical (unpaired) electrons. The van der Waals surface area contributed by atoms with Crippen molar-refractivity contribution in [2.75, 3.05) is 23.3 Å². The third-order valence-corrected chi connectivity index (χ3v) is 4.77. The number of nitrogens with zero attached hydrogens (tertiary/aromatic N) is 1. The van der Waals surface area contributed by atoms with E-state index in [1.54, 1.807) is 18.2 Å². The number of sulfonamides is 1. The number of carbonyl (C=O) groups excluding carboxylic acids is 1. The van der Waals surface area contributed by atoms with Gasteiger partial charge in [0.05, 0.1) is 29.5 Å².